The van der Waals surface area contributed by atoms with Crippen molar-refractivity contribution in [2.45, 2.75) is 62.8 Å². The number of anilines is 1. The fraction of sp³-hybridized carbons (Fsp3) is 0.375. The van der Waals surface area contributed by atoms with Crippen LogP contribution in [0.2, 0.25) is 5.02 Å². The minimum Gasteiger partial charge on any atom is -0.493 e. The van der Waals surface area contributed by atoms with Gasteiger partial charge in [-0.2, -0.15) is 5.10 Å². The molecule has 0 radical (unpaired) electrons. The average molecular weight is 544 g/mol. The van der Waals surface area contributed by atoms with Crippen LogP contribution in [0, 0.1) is 12.8 Å². The first-order valence-corrected chi connectivity index (χ1v) is 14.2. The number of aliphatic carboxylic acids is 1. The highest BCUT2D eigenvalue weighted by atomic mass is 35.5. The number of aryl methyl sites for hydroxylation is 1. The number of hydrogen-bond acceptors (Lipinski definition) is 4. The van der Waals surface area contributed by atoms with Gasteiger partial charge in [0.2, 0.25) is 0 Å². The van der Waals surface area contributed by atoms with Gasteiger partial charge in [-0.3, -0.25) is 5.10 Å². The summed E-state index contributed by atoms with van der Waals surface area (Å²) < 4.78 is 6.25. The third-order valence-electron chi connectivity index (χ3n) is 9.09. The molecule has 4 aromatic rings. The number of carboxylic acids is 1. The molecule has 6 nitrogen and oxygen atoms in total. The maximum atomic E-state index is 12.6. The molecule has 1 spiro atoms. The lowest BCUT2D eigenvalue weighted by Crippen LogP contribution is -2.53. The van der Waals surface area contributed by atoms with Gasteiger partial charge in [-0.05, 0) is 105 Å². The quantitative estimate of drug-likeness (QED) is 0.203. The van der Waals surface area contributed by atoms with Crippen LogP contribution in [0.1, 0.15) is 55.3 Å². The zero-order valence-corrected chi connectivity index (χ0v) is 22.9. The maximum absolute atomic E-state index is 12.6. The van der Waals surface area contributed by atoms with Crippen molar-refractivity contribution in [2.24, 2.45) is 5.92 Å². The van der Waals surface area contributed by atoms with Crippen LogP contribution in [-0.2, 0) is 16.6 Å². The number of benzene rings is 3. The summed E-state index contributed by atoms with van der Waals surface area (Å²) in [7, 11) is 0. The van der Waals surface area contributed by atoms with E-state index in [1.54, 1.807) is 12.1 Å². The van der Waals surface area contributed by atoms with E-state index in [0.717, 1.165) is 60.1 Å². The van der Waals surface area contributed by atoms with Crippen molar-refractivity contribution in [3.63, 3.8) is 0 Å². The van der Waals surface area contributed by atoms with Crippen molar-refractivity contribution in [3.05, 3.63) is 88.6 Å². The summed E-state index contributed by atoms with van der Waals surface area (Å²) in [6.07, 6.45) is 5.82. The second-order valence-electron chi connectivity index (χ2n) is 11.2. The number of rotatable bonds is 8. The molecule has 1 aromatic heterocycles. The van der Waals surface area contributed by atoms with Gasteiger partial charge >= 0.3 is 5.97 Å². The second-order valence-corrected chi connectivity index (χ2v) is 11.7. The number of halogens is 1. The van der Waals surface area contributed by atoms with E-state index in [9.17, 15) is 9.90 Å². The summed E-state index contributed by atoms with van der Waals surface area (Å²) in [4.78, 5) is 12.6. The maximum Gasteiger partial charge on any atom is 0.329 e. The lowest BCUT2D eigenvalue weighted by atomic mass is 9.60. The molecule has 1 saturated carbocycles. The summed E-state index contributed by atoms with van der Waals surface area (Å²) in [5.74, 6) is 0.541. The summed E-state index contributed by atoms with van der Waals surface area (Å²) in [6.45, 7) is 2.66. The average Bonchev–Trinajstić information content (AvgIpc) is 3.46. The number of carbonyl (C=O) groups is 1. The molecule has 2 aliphatic carbocycles. The smallest absolute Gasteiger partial charge is 0.329 e. The molecule has 0 saturated heterocycles. The topological polar surface area (TPSA) is 87.2 Å². The molecule has 0 aliphatic heterocycles. The van der Waals surface area contributed by atoms with E-state index in [1.807, 2.05) is 37.3 Å². The van der Waals surface area contributed by atoms with E-state index in [4.69, 9.17) is 16.3 Å². The molecule has 3 aromatic carbocycles. The van der Waals surface area contributed by atoms with Gasteiger partial charge in [0.1, 0.15) is 11.3 Å². The number of nitrogens with one attached hydrogen (secondary N) is 2. The molecule has 3 N–H and O–H groups in total. The van der Waals surface area contributed by atoms with E-state index < -0.39 is 11.5 Å². The van der Waals surface area contributed by atoms with E-state index in [2.05, 4.69) is 39.8 Å². The molecular weight excluding hydrogens is 510 g/mol. The number of carboxylic acid groups (broad SMARTS) is 1. The van der Waals surface area contributed by atoms with E-state index >= 15 is 0 Å². The fourth-order valence-corrected chi connectivity index (χ4v) is 7.29. The van der Waals surface area contributed by atoms with Gasteiger partial charge in [0.15, 0.2) is 0 Å². The van der Waals surface area contributed by atoms with Crippen LogP contribution in [-0.4, -0.2) is 33.4 Å². The summed E-state index contributed by atoms with van der Waals surface area (Å²) in [6, 6.07) is 22.1. The van der Waals surface area contributed by atoms with Gasteiger partial charge in [0, 0.05) is 16.4 Å². The molecule has 1 fully saturated rings. The van der Waals surface area contributed by atoms with Gasteiger partial charge in [-0.1, -0.05) is 48.0 Å². The highest BCUT2D eigenvalue weighted by Crippen LogP contribution is 2.55. The minimum atomic E-state index is -0.998. The number of H-pyrrole nitrogens is 1. The molecule has 6 rings (SSSR count). The largest absolute Gasteiger partial charge is 0.493 e. The normalized spacial score (nSPS) is 24.1. The Balaban J connectivity index is 1.18. The van der Waals surface area contributed by atoms with Gasteiger partial charge in [-0.25, -0.2) is 4.79 Å². The summed E-state index contributed by atoms with van der Waals surface area (Å²) >= 11 is 6.19. The van der Waals surface area contributed by atoms with Crippen LogP contribution in [0.5, 0.6) is 5.75 Å². The predicted octanol–water partition coefficient (Wildman–Crippen LogP) is 7.30. The Bertz CT molecular complexity index is 1510. The Morgan fingerprint density at radius 1 is 1.10 bits per heavy atom. The number of aromatic amines is 1. The van der Waals surface area contributed by atoms with Gasteiger partial charge in [0.25, 0.3) is 0 Å². The standard InChI is InChI=1S/C32H34ClN3O3/c1-21-29-27(36-35-21)12-5-13-28(29)39-18-6-8-23-19-22-7-2-3-11-26(22)31(23)14-16-32(17-15-31,30(37)38)34-25-10-4-9-24(33)20-25/h2-5,7,9-13,20,23,34H,6,8,14-19H2,1H3,(H,35,36)(H,37,38). The van der Waals surface area contributed by atoms with Crippen LogP contribution in [0.3, 0.4) is 0 Å². The number of hydrogen-bond donors (Lipinski definition) is 3. The highest BCUT2D eigenvalue weighted by molar-refractivity contribution is 6.30. The fourth-order valence-electron chi connectivity index (χ4n) is 7.10. The summed E-state index contributed by atoms with van der Waals surface area (Å²) in [5.41, 5.74) is 4.51. The Kier molecular flexibility index (Phi) is 6.76. The molecule has 0 amide bonds. The summed E-state index contributed by atoms with van der Waals surface area (Å²) in [5, 5.41) is 22.7. The molecule has 1 heterocycles. The molecule has 1 atom stereocenters. The van der Waals surface area contributed by atoms with Crippen molar-refractivity contribution in [1.29, 1.82) is 0 Å². The zero-order valence-electron chi connectivity index (χ0n) is 22.2. The van der Waals surface area contributed by atoms with Crippen LogP contribution in [0.15, 0.2) is 66.7 Å². The third-order valence-corrected chi connectivity index (χ3v) is 9.33. The number of aromatic nitrogens is 2. The Hall–Kier alpha value is -3.51. The first kappa shape index (κ1) is 25.8. The lowest BCUT2D eigenvalue weighted by molar-refractivity contribution is -0.144. The van der Waals surface area contributed by atoms with Crippen LogP contribution in [0.25, 0.3) is 10.9 Å². The van der Waals surface area contributed by atoms with Crippen molar-refractivity contribution in [3.8, 4) is 5.75 Å². The number of fused-ring (bicyclic) bond motifs is 3. The first-order valence-electron chi connectivity index (χ1n) is 13.8. The number of nitrogens with zero attached hydrogens (tertiary/aromatic N) is 1. The Morgan fingerprint density at radius 3 is 2.69 bits per heavy atom. The van der Waals surface area contributed by atoms with E-state index in [-0.39, 0.29) is 5.41 Å². The van der Waals surface area contributed by atoms with Crippen LogP contribution in [0.4, 0.5) is 5.69 Å². The van der Waals surface area contributed by atoms with Crippen LogP contribution < -0.4 is 10.1 Å². The first-order chi connectivity index (χ1) is 18.9. The van der Waals surface area contributed by atoms with Crippen molar-refractivity contribution in [1.82, 2.24) is 10.2 Å². The van der Waals surface area contributed by atoms with Gasteiger partial charge in [-0.15, -0.1) is 0 Å². The second kappa shape index (κ2) is 10.2. The SMILES string of the molecule is Cc1[nH]nc2cccc(OCCCC3Cc4ccccc4C34CCC(Nc3cccc(Cl)c3)(C(=O)O)CC4)c12. The van der Waals surface area contributed by atoms with Crippen LogP contribution >= 0.6 is 11.6 Å². The van der Waals surface area contributed by atoms with Crippen molar-refractivity contribution < 1.29 is 14.6 Å². The molecule has 2 aliphatic rings. The minimum absolute atomic E-state index is 0.00723. The lowest BCUT2D eigenvalue weighted by Gasteiger charge is -2.47. The van der Waals surface area contributed by atoms with E-state index in [1.165, 1.54) is 11.1 Å². The highest BCUT2D eigenvalue weighted by Gasteiger charge is 2.53. The predicted molar refractivity (Wildman–Crippen MR) is 155 cm³/mol. The molecule has 202 valence electrons. The molecule has 39 heavy (non-hydrogen) atoms. The zero-order chi connectivity index (χ0) is 27.0. The monoisotopic (exact) mass is 543 g/mol. The van der Waals surface area contributed by atoms with Crippen molar-refractivity contribution in [2.75, 3.05) is 11.9 Å². The molecule has 7 heteroatoms. The Morgan fingerprint density at radius 2 is 1.90 bits per heavy atom. The molecule has 1 unspecified atom stereocenters. The molecule has 0 bridgehead atoms. The molecular formula is C32H34ClN3O3. The van der Waals surface area contributed by atoms with Crippen molar-refractivity contribution >= 4 is 34.2 Å². The van der Waals surface area contributed by atoms with Gasteiger partial charge < -0.3 is 15.2 Å². The number of ether oxygens (including phenoxy) is 1. The van der Waals surface area contributed by atoms with E-state index in [0.29, 0.717) is 30.4 Å². The van der Waals surface area contributed by atoms with Gasteiger partial charge in [0.05, 0.1) is 17.5 Å². The Labute approximate surface area is 233 Å². The third kappa shape index (κ3) is 4.65.